The minimum absolute atomic E-state index is 0.149. The zero-order valence-electron chi connectivity index (χ0n) is 6.03. The van der Waals surface area contributed by atoms with E-state index in [1.54, 1.807) is 0 Å². The Bertz CT molecular complexity index is 83.1. The number of likely N-dealkylation sites (N-methyl/N-ethyl adjacent to an activating group) is 2. The molecule has 0 saturated carbocycles. The molecule has 0 aromatic carbocycles. The average molecular weight is 130 g/mol. The summed E-state index contributed by atoms with van der Waals surface area (Å²) in [6, 6.07) is 0. The molecule has 0 aliphatic carbocycles. The van der Waals surface area contributed by atoms with Gasteiger partial charge in [0, 0.05) is 0 Å². The number of hydrogen-bond donors (Lipinski definition) is 2. The maximum Gasteiger partial charge on any atom is 0.199 e. The highest BCUT2D eigenvalue weighted by molar-refractivity contribution is 4.85. The van der Waals surface area contributed by atoms with Gasteiger partial charge in [-0.1, -0.05) is 13.8 Å². The van der Waals surface area contributed by atoms with Crippen LogP contribution >= 0.6 is 0 Å². The molecule has 9 heavy (non-hydrogen) atoms. The number of nitrogens with one attached hydrogen (secondary N) is 2. The first-order valence-electron chi connectivity index (χ1n) is 3.47. The predicted molar refractivity (Wildman–Crippen MR) is 36.0 cm³/mol. The molecule has 1 aliphatic heterocycles. The molecule has 0 unspecified atom stereocenters. The second kappa shape index (κ2) is 2.64. The minimum Gasteiger partial charge on any atom is -0.339 e. The third kappa shape index (κ3) is 1.64. The van der Waals surface area contributed by atoms with Gasteiger partial charge in [-0.05, 0) is 13.1 Å². The zero-order valence-corrected chi connectivity index (χ0v) is 6.03. The molecule has 0 radical (unpaired) electrons. The van der Waals surface area contributed by atoms with Crippen molar-refractivity contribution in [2.75, 3.05) is 19.7 Å². The lowest BCUT2D eigenvalue weighted by Gasteiger charge is -2.11. The molecule has 0 aromatic rings. The summed E-state index contributed by atoms with van der Waals surface area (Å²) in [6.45, 7) is 6.84. The molecule has 3 nitrogen and oxygen atoms in total. The maximum absolute atomic E-state index is 5.15. The Balaban J connectivity index is 2.17. The van der Waals surface area contributed by atoms with E-state index < -0.39 is 0 Å². The van der Waals surface area contributed by atoms with Crippen LogP contribution < -0.4 is 10.6 Å². The molecule has 0 amide bonds. The van der Waals surface area contributed by atoms with E-state index in [9.17, 15) is 0 Å². The van der Waals surface area contributed by atoms with Crippen LogP contribution in [0.1, 0.15) is 13.8 Å². The van der Waals surface area contributed by atoms with Crippen molar-refractivity contribution in [3.63, 3.8) is 0 Å². The molecule has 0 aromatic heterocycles. The van der Waals surface area contributed by atoms with Crippen LogP contribution in [0.25, 0.3) is 0 Å². The van der Waals surface area contributed by atoms with Crippen molar-refractivity contribution in [3.8, 4) is 0 Å². The molecule has 3 heteroatoms. The molecule has 1 rings (SSSR count). The Labute approximate surface area is 55.8 Å². The normalized spacial score (nSPS) is 22.0. The van der Waals surface area contributed by atoms with Gasteiger partial charge in [0.2, 0.25) is 0 Å². The van der Waals surface area contributed by atoms with Gasteiger partial charge >= 0.3 is 0 Å². The molecular formula is C6H14N2O. The largest absolute Gasteiger partial charge is 0.339 e. The Hall–Kier alpha value is -0.120. The van der Waals surface area contributed by atoms with Crippen LogP contribution in [0.5, 0.6) is 0 Å². The first-order valence-corrected chi connectivity index (χ1v) is 3.47. The Morgan fingerprint density at radius 3 is 2.00 bits per heavy atom. The van der Waals surface area contributed by atoms with Crippen molar-refractivity contribution >= 4 is 0 Å². The lowest BCUT2D eigenvalue weighted by Crippen LogP contribution is -2.46. The highest BCUT2D eigenvalue weighted by Gasteiger charge is 2.42. The van der Waals surface area contributed by atoms with Gasteiger partial charge in [-0.2, -0.15) is 0 Å². The lowest BCUT2D eigenvalue weighted by molar-refractivity contribution is 0.216. The molecular weight excluding hydrogens is 116 g/mol. The second-order valence-electron chi connectivity index (χ2n) is 2.18. The molecule has 1 saturated heterocycles. The maximum atomic E-state index is 5.15. The van der Waals surface area contributed by atoms with Crippen LogP contribution in [0.15, 0.2) is 0 Å². The molecule has 54 valence electrons. The highest BCUT2D eigenvalue weighted by atomic mass is 16.6. The standard InChI is InChI=1S/C6H14N2O/c1-3-7-6(5-9-6)8-4-2/h7-8H,3-5H2,1-2H3. The van der Waals surface area contributed by atoms with Gasteiger partial charge in [0.1, 0.15) is 6.61 Å². The smallest absolute Gasteiger partial charge is 0.199 e. The van der Waals surface area contributed by atoms with E-state index in [-0.39, 0.29) is 5.85 Å². The second-order valence-corrected chi connectivity index (χ2v) is 2.18. The highest BCUT2D eigenvalue weighted by Crippen LogP contribution is 2.18. The number of hydrogen-bond acceptors (Lipinski definition) is 3. The summed E-state index contributed by atoms with van der Waals surface area (Å²) in [5.74, 6) is -0.149. The Morgan fingerprint density at radius 2 is 1.78 bits per heavy atom. The number of epoxide rings is 1. The third-order valence-corrected chi connectivity index (χ3v) is 1.36. The molecule has 0 atom stereocenters. The lowest BCUT2D eigenvalue weighted by atomic mass is 10.5. The fraction of sp³-hybridized carbons (Fsp3) is 1.00. The first-order chi connectivity index (χ1) is 4.33. The van der Waals surface area contributed by atoms with Crippen LogP contribution in [0.2, 0.25) is 0 Å². The SMILES string of the molecule is CCNC1(NCC)CO1. The van der Waals surface area contributed by atoms with Crippen LogP contribution in [-0.4, -0.2) is 25.5 Å². The average Bonchev–Trinajstić information content (AvgIpc) is 2.51. The van der Waals surface area contributed by atoms with Crippen molar-refractivity contribution in [1.82, 2.24) is 10.6 Å². The molecule has 1 fully saturated rings. The Kier molecular flexibility index (Phi) is 2.05. The summed E-state index contributed by atoms with van der Waals surface area (Å²) in [5, 5.41) is 6.40. The fourth-order valence-electron chi connectivity index (χ4n) is 0.910. The molecule has 1 aliphatic rings. The van der Waals surface area contributed by atoms with Gasteiger partial charge in [0.25, 0.3) is 0 Å². The van der Waals surface area contributed by atoms with Gasteiger partial charge in [-0.15, -0.1) is 0 Å². The van der Waals surface area contributed by atoms with Gasteiger partial charge < -0.3 is 4.74 Å². The molecule has 0 bridgehead atoms. The van der Waals surface area contributed by atoms with E-state index in [1.165, 1.54) is 0 Å². The summed E-state index contributed by atoms with van der Waals surface area (Å²) in [4.78, 5) is 0. The van der Waals surface area contributed by atoms with E-state index in [1.807, 2.05) is 0 Å². The summed E-state index contributed by atoms with van der Waals surface area (Å²) in [5.41, 5.74) is 0. The van der Waals surface area contributed by atoms with Gasteiger partial charge in [-0.25, -0.2) is 0 Å². The van der Waals surface area contributed by atoms with E-state index >= 15 is 0 Å². The number of ether oxygens (including phenoxy) is 1. The van der Waals surface area contributed by atoms with Crippen molar-refractivity contribution < 1.29 is 4.74 Å². The van der Waals surface area contributed by atoms with Gasteiger partial charge in [0.05, 0.1) is 0 Å². The van der Waals surface area contributed by atoms with E-state index in [0.29, 0.717) is 0 Å². The van der Waals surface area contributed by atoms with E-state index in [4.69, 9.17) is 4.74 Å². The van der Waals surface area contributed by atoms with Gasteiger partial charge in [0.15, 0.2) is 5.85 Å². The number of rotatable bonds is 4. The van der Waals surface area contributed by atoms with Gasteiger partial charge in [-0.3, -0.25) is 10.6 Å². The topological polar surface area (TPSA) is 36.6 Å². The van der Waals surface area contributed by atoms with Crippen molar-refractivity contribution in [2.24, 2.45) is 0 Å². The Morgan fingerprint density at radius 1 is 1.33 bits per heavy atom. The van der Waals surface area contributed by atoms with E-state index in [0.717, 1.165) is 19.7 Å². The molecule has 0 spiro atoms. The summed E-state index contributed by atoms with van der Waals surface area (Å²) >= 11 is 0. The third-order valence-electron chi connectivity index (χ3n) is 1.36. The summed E-state index contributed by atoms with van der Waals surface area (Å²) in [6.07, 6.45) is 0. The van der Waals surface area contributed by atoms with Crippen LogP contribution in [-0.2, 0) is 4.74 Å². The van der Waals surface area contributed by atoms with Crippen molar-refractivity contribution in [1.29, 1.82) is 0 Å². The quantitative estimate of drug-likeness (QED) is 0.412. The fourth-order valence-corrected chi connectivity index (χ4v) is 0.910. The zero-order chi connectivity index (χ0) is 6.74. The van der Waals surface area contributed by atoms with Crippen LogP contribution in [0, 0.1) is 0 Å². The van der Waals surface area contributed by atoms with Crippen molar-refractivity contribution in [2.45, 2.75) is 19.7 Å². The monoisotopic (exact) mass is 130 g/mol. The summed E-state index contributed by atoms with van der Waals surface area (Å²) in [7, 11) is 0. The predicted octanol–water partition coefficient (Wildman–Crippen LogP) is -0.111. The van der Waals surface area contributed by atoms with Crippen molar-refractivity contribution in [3.05, 3.63) is 0 Å². The minimum atomic E-state index is -0.149. The molecule has 2 N–H and O–H groups in total. The van der Waals surface area contributed by atoms with Crippen LogP contribution in [0.4, 0.5) is 0 Å². The summed E-state index contributed by atoms with van der Waals surface area (Å²) < 4.78 is 5.15. The van der Waals surface area contributed by atoms with E-state index in [2.05, 4.69) is 24.5 Å². The van der Waals surface area contributed by atoms with Crippen LogP contribution in [0.3, 0.4) is 0 Å². The molecule has 1 heterocycles. The first kappa shape index (κ1) is 6.99.